The summed E-state index contributed by atoms with van der Waals surface area (Å²) in [4.78, 5) is 15.7. The van der Waals surface area contributed by atoms with Gasteiger partial charge in [0.05, 0.1) is 16.1 Å². The van der Waals surface area contributed by atoms with Crippen LogP contribution in [0.1, 0.15) is 48.6 Å². The highest BCUT2D eigenvalue weighted by Gasteiger charge is 2.18. The maximum Gasteiger partial charge on any atom is 0.367 e. The normalized spacial score (nSPS) is 12.5. The maximum atomic E-state index is 11.4. The van der Waals surface area contributed by atoms with Crippen molar-refractivity contribution in [2.45, 2.75) is 33.1 Å². The van der Waals surface area contributed by atoms with Crippen LogP contribution in [0.15, 0.2) is 3.79 Å². The van der Waals surface area contributed by atoms with Crippen LogP contribution in [0.2, 0.25) is 0 Å². The van der Waals surface area contributed by atoms with E-state index in [-0.39, 0.29) is 5.97 Å². The second-order valence-electron chi connectivity index (χ2n) is 3.21. The highest BCUT2D eigenvalue weighted by Crippen LogP contribution is 2.31. The molecule has 1 unspecified atom stereocenters. The Bertz CT molecular complexity index is 351. The molecule has 5 heteroatoms. The zero-order valence-electron chi connectivity index (χ0n) is 9.04. The summed E-state index contributed by atoms with van der Waals surface area (Å²) in [6, 6.07) is 0. The summed E-state index contributed by atoms with van der Waals surface area (Å²) < 4.78 is 5.83. The number of ether oxygens (including phenoxy) is 1. The van der Waals surface area contributed by atoms with Gasteiger partial charge in [-0.25, -0.2) is 9.78 Å². The molecule has 0 fully saturated rings. The van der Waals surface area contributed by atoms with Crippen LogP contribution >= 0.6 is 27.3 Å². The second-order valence-corrected chi connectivity index (χ2v) is 5.52. The Kier molecular flexibility index (Phi) is 4.73. The van der Waals surface area contributed by atoms with Crippen molar-refractivity contribution < 1.29 is 9.53 Å². The lowest BCUT2D eigenvalue weighted by Crippen LogP contribution is -2.04. The van der Waals surface area contributed by atoms with Crippen LogP contribution in [0.4, 0.5) is 0 Å². The van der Waals surface area contributed by atoms with Crippen molar-refractivity contribution >= 4 is 33.2 Å². The van der Waals surface area contributed by atoms with Crippen LogP contribution in [0.5, 0.6) is 0 Å². The van der Waals surface area contributed by atoms with Crippen molar-refractivity contribution in [1.82, 2.24) is 4.98 Å². The molecule has 3 nitrogen and oxygen atoms in total. The lowest BCUT2D eigenvalue weighted by Gasteiger charge is -2.03. The first kappa shape index (κ1) is 12.6. The summed E-state index contributed by atoms with van der Waals surface area (Å²) in [5, 5.41) is 0.430. The largest absolute Gasteiger partial charge is 0.461 e. The number of nitrogens with zero attached hydrogens (tertiary/aromatic N) is 1. The van der Waals surface area contributed by atoms with E-state index in [0.29, 0.717) is 17.5 Å². The molecule has 1 rings (SSSR count). The van der Waals surface area contributed by atoms with Gasteiger partial charge in [0.15, 0.2) is 0 Å². The van der Waals surface area contributed by atoms with Gasteiger partial charge in [0.1, 0.15) is 0 Å². The highest BCUT2D eigenvalue weighted by molar-refractivity contribution is 9.11. The van der Waals surface area contributed by atoms with Crippen molar-refractivity contribution in [3.05, 3.63) is 14.5 Å². The van der Waals surface area contributed by atoms with E-state index in [0.717, 1.165) is 15.9 Å². The lowest BCUT2D eigenvalue weighted by molar-refractivity contribution is 0.0525. The summed E-state index contributed by atoms with van der Waals surface area (Å²) in [5.41, 5.74) is 0.950. The second kappa shape index (κ2) is 5.61. The topological polar surface area (TPSA) is 39.2 Å². The fourth-order valence-corrected chi connectivity index (χ4v) is 2.84. The van der Waals surface area contributed by atoms with Gasteiger partial charge in [-0.2, -0.15) is 0 Å². The third-order valence-corrected chi connectivity index (χ3v) is 3.87. The van der Waals surface area contributed by atoms with E-state index in [1.54, 1.807) is 6.92 Å². The molecule has 15 heavy (non-hydrogen) atoms. The molecule has 1 heterocycles. The molecule has 0 saturated heterocycles. The number of hydrogen-bond acceptors (Lipinski definition) is 4. The van der Waals surface area contributed by atoms with Gasteiger partial charge >= 0.3 is 5.97 Å². The van der Waals surface area contributed by atoms with Gasteiger partial charge in [0.2, 0.25) is 5.01 Å². The number of esters is 1. The van der Waals surface area contributed by atoms with Crippen molar-refractivity contribution in [3.63, 3.8) is 0 Å². The first-order chi connectivity index (χ1) is 7.10. The molecule has 1 aromatic rings. The van der Waals surface area contributed by atoms with E-state index >= 15 is 0 Å². The molecule has 0 N–H and O–H groups in total. The Balaban J connectivity index is 2.90. The Morgan fingerprint density at radius 1 is 1.60 bits per heavy atom. The minimum absolute atomic E-state index is 0.335. The van der Waals surface area contributed by atoms with Crippen LogP contribution in [0.3, 0.4) is 0 Å². The van der Waals surface area contributed by atoms with E-state index in [1.807, 2.05) is 0 Å². The van der Waals surface area contributed by atoms with E-state index < -0.39 is 0 Å². The number of carbonyl (C=O) groups excluding carboxylic acids is 1. The number of aromatic nitrogens is 1. The van der Waals surface area contributed by atoms with E-state index in [4.69, 9.17) is 4.74 Å². The molecule has 0 bridgehead atoms. The molecule has 0 aliphatic heterocycles. The minimum Gasteiger partial charge on any atom is -0.461 e. The predicted octanol–water partition coefficient (Wildman–Crippen LogP) is 3.60. The summed E-state index contributed by atoms with van der Waals surface area (Å²) in [6.07, 6.45) is 1.00. The van der Waals surface area contributed by atoms with Crippen molar-refractivity contribution in [1.29, 1.82) is 0 Å². The average molecular weight is 292 g/mol. The zero-order valence-corrected chi connectivity index (χ0v) is 11.4. The summed E-state index contributed by atoms with van der Waals surface area (Å²) in [7, 11) is 0. The third kappa shape index (κ3) is 3.01. The van der Waals surface area contributed by atoms with E-state index in [9.17, 15) is 4.79 Å². The quantitative estimate of drug-likeness (QED) is 0.796. The molecule has 0 amide bonds. The molecular weight excluding hydrogens is 278 g/mol. The van der Waals surface area contributed by atoms with Crippen LogP contribution in [0.25, 0.3) is 0 Å². The summed E-state index contributed by atoms with van der Waals surface area (Å²) in [6.45, 7) is 6.36. The number of carbonyl (C=O) groups is 1. The molecule has 1 aromatic heterocycles. The van der Waals surface area contributed by atoms with Gasteiger partial charge < -0.3 is 4.74 Å². The van der Waals surface area contributed by atoms with Crippen molar-refractivity contribution in [2.24, 2.45) is 0 Å². The molecule has 84 valence electrons. The summed E-state index contributed by atoms with van der Waals surface area (Å²) >= 11 is 4.76. The monoisotopic (exact) mass is 291 g/mol. The molecule has 0 aromatic carbocycles. The van der Waals surface area contributed by atoms with Crippen LogP contribution < -0.4 is 0 Å². The van der Waals surface area contributed by atoms with Gasteiger partial charge in [-0.3, -0.25) is 0 Å². The predicted molar refractivity (Wildman–Crippen MR) is 64.5 cm³/mol. The van der Waals surface area contributed by atoms with Crippen molar-refractivity contribution in [2.75, 3.05) is 6.61 Å². The average Bonchev–Trinajstić information content (AvgIpc) is 2.60. The van der Waals surface area contributed by atoms with Crippen LogP contribution in [-0.2, 0) is 4.74 Å². The van der Waals surface area contributed by atoms with Gasteiger partial charge in [-0.1, -0.05) is 25.2 Å². The van der Waals surface area contributed by atoms with Crippen LogP contribution in [-0.4, -0.2) is 17.6 Å². The minimum atomic E-state index is -0.335. The van der Waals surface area contributed by atoms with E-state index in [2.05, 4.69) is 34.8 Å². The Morgan fingerprint density at radius 2 is 2.27 bits per heavy atom. The molecule has 0 saturated carbocycles. The number of rotatable bonds is 4. The fraction of sp³-hybridized carbons (Fsp3) is 0.600. The van der Waals surface area contributed by atoms with Crippen molar-refractivity contribution in [3.8, 4) is 0 Å². The SMILES string of the molecule is CCOC(=O)c1nc(C(C)CC)c(Br)s1. The standard InChI is InChI=1S/C10H14BrNO2S/c1-4-6(3)7-8(11)15-9(12-7)10(13)14-5-2/h6H,4-5H2,1-3H3. The molecule has 0 aliphatic carbocycles. The molecule has 1 atom stereocenters. The molecule has 0 aliphatic rings. The number of halogens is 1. The smallest absolute Gasteiger partial charge is 0.367 e. The Morgan fingerprint density at radius 3 is 2.80 bits per heavy atom. The molecular formula is C10H14BrNO2S. The van der Waals surface area contributed by atoms with Gasteiger partial charge in [-0.15, -0.1) is 0 Å². The van der Waals surface area contributed by atoms with Gasteiger partial charge in [0, 0.05) is 5.92 Å². The van der Waals surface area contributed by atoms with E-state index in [1.165, 1.54) is 11.3 Å². The summed E-state index contributed by atoms with van der Waals surface area (Å²) in [5.74, 6) is 0.0246. The third-order valence-electron chi connectivity index (χ3n) is 2.14. The molecule has 0 radical (unpaired) electrons. The lowest BCUT2D eigenvalue weighted by atomic mass is 10.1. The number of hydrogen-bond donors (Lipinski definition) is 0. The first-order valence-electron chi connectivity index (χ1n) is 4.93. The van der Waals surface area contributed by atoms with Gasteiger partial charge in [-0.05, 0) is 29.3 Å². The first-order valence-corrected chi connectivity index (χ1v) is 6.54. The molecule has 0 spiro atoms. The number of thiazole rings is 1. The Labute approximate surface area is 102 Å². The highest BCUT2D eigenvalue weighted by atomic mass is 79.9. The Hall–Kier alpha value is -0.420. The van der Waals surface area contributed by atoms with Gasteiger partial charge in [0.25, 0.3) is 0 Å². The maximum absolute atomic E-state index is 11.4. The fourth-order valence-electron chi connectivity index (χ4n) is 1.09. The van der Waals surface area contributed by atoms with Crippen LogP contribution in [0, 0.1) is 0 Å². The zero-order chi connectivity index (χ0) is 11.4.